The quantitative estimate of drug-likeness (QED) is 0.742. The van der Waals surface area contributed by atoms with E-state index >= 15 is 0 Å². The van der Waals surface area contributed by atoms with Crippen LogP contribution in [0.3, 0.4) is 0 Å². The number of carbonyl (C=O) groups excluding carboxylic acids is 1. The van der Waals surface area contributed by atoms with E-state index in [0.717, 1.165) is 5.56 Å². The lowest BCUT2D eigenvalue weighted by Gasteiger charge is -2.04. The Bertz CT molecular complexity index is 546. The van der Waals surface area contributed by atoms with Crippen LogP contribution in [0.2, 0.25) is 0 Å². The third kappa shape index (κ3) is 3.04. The number of aryl methyl sites for hydroxylation is 2. The Hall–Kier alpha value is -1.96. The zero-order valence-corrected chi connectivity index (χ0v) is 10.3. The van der Waals surface area contributed by atoms with Gasteiger partial charge in [-0.25, -0.2) is 4.39 Å². The number of rotatable bonds is 4. The van der Waals surface area contributed by atoms with E-state index in [2.05, 4.69) is 0 Å². The normalized spacial score (nSPS) is 10.3. The molecule has 1 nitrogen and oxygen atoms in total. The van der Waals surface area contributed by atoms with E-state index in [4.69, 9.17) is 0 Å². The summed E-state index contributed by atoms with van der Waals surface area (Å²) in [5.74, 6) is -0.182. The molecule has 0 fully saturated rings. The number of halogens is 1. The van der Waals surface area contributed by atoms with Crippen molar-refractivity contribution in [2.24, 2.45) is 0 Å². The Morgan fingerprint density at radius 1 is 1.11 bits per heavy atom. The smallest absolute Gasteiger partial charge is 0.163 e. The maximum absolute atomic E-state index is 13.5. The highest BCUT2D eigenvalue weighted by Gasteiger charge is 2.08. The standard InChI is InChI=1S/C16H15FO/c1-12-7-9-15(17)14(11-12)8-10-16(18)13-5-3-2-4-6-13/h2-7,9,11H,8,10H2,1H3. The maximum Gasteiger partial charge on any atom is 0.163 e. The molecule has 0 bridgehead atoms. The minimum Gasteiger partial charge on any atom is -0.294 e. The van der Waals surface area contributed by atoms with Crippen molar-refractivity contribution >= 4 is 5.78 Å². The molecule has 18 heavy (non-hydrogen) atoms. The maximum atomic E-state index is 13.5. The number of hydrogen-bond acceptors (Lipinski definition) is 1. The SMILES string of the molecule is Cc1ccc(F)c(CCC(=O)c2ccccc2)c1. The fourth-order valence-electron chi connectivity index (χ4n) is 1.91. The zero-order valence-electron chi connectivity index (χ0n) is 10.3. The van der Waals surface area contributed by atoms with Gasteiger partial charge in [-0.3, -0.25) is 4.79 Å². The molecular formula is C16H15FO. The van der Waals surface area contributed by atoms with E-state index in [-0.39, 0.29) is 11.6 Å². The van der Waals surface area contributed by atoms with E-state index < -0.39 is 0 Å². The first-order valence-electron chi connectivity index (χ1n) is 6.00. The van der Waals surface area contributed by atoms with Crippen LogP contribution >= 0.6 is 0 Å². The molecular weight excluding hydrogens is 227 g/mol. The summed E-state index contributed by atoms with van der Waals surface area (Å²) < 4.78 is 13.5. The van der Waals surface area contributed by atoms with Crippen molar-refractivity contribution in [3.05, 3.63) is 71.0 Å². The van der Waals surface area contributed by atoms with Gasteiger partial charge in [0.1, 0.15) is 5.82 Å². The predicted molar refractivity (Wildman–Crippen MR) is 70.2 cm³/mol. The second-order valence-corrected chi connectivity index (χ2v) is 4.38. The van der Waals surface area contributed by atoms with Crippen LogP contribution in [0.15, 0.2) is 48.5 Å². The number of carbonyl (C=O) groups is 1. The molecule has 0 saturated carbocycles. The van der Waals surface area contributed by atoms with Crippen LogP contribution in [0.1, 0.15) is 27.9 Å². The molecule has 0 heterocycles. The van der Waals surface area contributed by atoms with Crippen molar-refractivity contribution in [2.75, 3.05) is 0 Å². The summed E-state index contributed by atoms with van der Waals surface area (Å²) in [4.78, 5) is 11.9. The van der Waals surface area contributed by atoms with Crippen LogP contribution in [-0.4, -0.2) is 5.78 Å². The molecule has 2 rings (SSSR count). The molecule has 0 aromatic heterocycles. The highest BCUT2D eigenvalue weighted by Crippen LogP contribution is 2.14. The van der Waals surface area contributed by atoms with Crippen molar-refractivity contribution in [3.8, 4) is 0 Å². The minimum atomic E-state index is -0.235. The van der Waals surface area contributed by atoms with Gasteiger partial charge >= 0.3 is 0 Å². The van der Waals surface area contributed by atoms with Gasteiger partial charge in [0.2, 0.25) is 0 Å². The number of ketones is 1. The van der Waals surface area contributed by atoms with Gasteiger partial charge in [-0.2, -0.15) is 0 Å². The summed E-state index contributed by atoms with van der Waals surface area (Å²) in [6, 6.07) is 14.1. The monoisotopic (exact) mass is 242 g/mol. The predicted octanol–water partition coefficient (Wildman–Crippen LogP) is 3.95. The van der Waals surface area contributed by atoms with Crippen LogP contribution in [0, 0.1) is 12.7 Å². The average Bonchev–Trinajstić information content (AvgIpc) is 2.40. The first-order chi connectivity index (χ1) is 8.66. The summed E-state index contributed by atoms with van der Waals surface area (Å²) >= 11 is 0. The molecule has 0 spiro atoms. The molecule has 0 atom stereocenters. The number of Topliss-reactive ketones (excluding diaryl/α,β-unsaturated/α-hetero) is 1. The Labute approximate surface area is 106 Å². The van der Waals surface area contributed by atoms with Crippen molar-refractivity contribution < 1.29 is 9.18 Å². The zero-order chi connectivity index (χ0) is 13.0. The van der Waals surface area contributed by atoms with E-state index in [9.17, 15) is 9.18 Å². The lowest BCUT2D eigenvalue weighted by molar-refractivity contribution is 0.0982. The third-order valence-corrected chi connectivity index (χ3v) is 2.92. The molecule has 0 aliphatic heterocycles. The highest BCUT2D eigenvalue weighted by molar-refractivity contribution is 5.96. The van der Waals surface area contributed by atoms with Gasteiger partial charge in [0.05, 0.1) is 0 Å². The van der Waals surface area contributed by atoms with Crippen molar-refractivity contribution in [1.82, 2.24) is 0 Å². The van der Waals surface area contributed by atoms with Gasteiger partial charge in [0, 0.05) is 12.0 Å². The van der Waals surface area contributed by atoms with Crippen molar-refractivity contribution in [1.29, 1.82) is 0 Å². The second-order valence-electron chi connectivity index (χ2n) is 4.38. The molecule has 92 valence electrons. The summed E-state index contributed by atoms with van der Waals surface area (Å²) in [5.41, 5.74) is 2.31. The molecule has 2 heteroatoms. The Kier molecular flexibility index (Phi) is 3.88. The van der Waals surface area contributed by atoms with Gasteiger partial charge in [0.25, 0.3) is 0 Å². The first-order valence-corrected chi connectivity index (χ1v) is 6.00. The van der Waals surface area contributed by atoms with Crippen LogP contribution in [-0.2, 0) is 6.42 Å². The lowest BCUT2D eigenvalue weighted by Crippen LogP contribution is -2.02. The van der Waals surface area contributed by atoms with E-state index in [1.807, 2.05) is 25.1 Å². The topological polar surface area (TPSA) is 17.1 Å². The fraction of sp³-hybridized carbons (Fsp3) is 0.188. The van der Waals surface area contributed by atoms with Gasteiger partial charge in [0.15, 0.2) is 5.78 Å². The van der Waals surface area contributed by atoms with E-state index in [1.54, 1.807) is 24.3 Å². The Balaban J connectivity index is 2.04. The van der Waals surface area contributed by atoms with Crippen LogP contribution < -0.4 is 0 Å². The summed E-state index contributed by atoms with van der Waals surface area (Å²) in [6.07, 6.45) is 0.783. The number of hydrogen-bond donors (Lipinski definition) is 0. The van der Waals surface area contributed by atoms with Gasteiger partial charge < -0.3 is 0 Å². The molecule has 0 saturated heterocycles. The van der Waals surface area contributed by atoms with Crippen LogP contribution in [0.5, 0.6) is 0 Å². The summed E-state index contributed by atoms with van der Waals surface area (Å²) in [5, 5.41) is 0. The first kappa shape index (κ1) is 12.5. The van der Waals surface area contributed by atoms with Crippen LogP contribution in [0.4, 0.5) is 4.39 Å². The molecule has 0 unspecified atom stereocenters. The molecule has 0 radical (unpaired) electrons. The van der Waals surface area contributed by atoms with Crippen LogP contribution in [0.25, 0.3) is 0 Å². The Morgan fingerprint density at radius 3 is 2.56 bits per heavy atom. The minimum absolute atomic E-state index is 0.0523. The van der Waals surface area contributed by atoms with Gasteiger partial charge in [-0.1, -0.05) is 48.0 Å². The molecule has 2 aromatic carbocycles. The molecule has 0 N–H and O–H groups in total. The van der Waals surface area contributed by atoms with E-state index in [1.165, 1.54) is 6.07 Å². The van der Waals surface area contributed by atoms with Crippen molar-refractivity contribution in [3.63, 3.8) is 0 Å². The Morgan fingerprint density at radius 2 is 1.83 bits per heavy atom. The lowest BCUT2D eigenvalue weighted by atomic mass is 10.0. The summed E-state index contributed by atoms with van der Waals surface area (Å²) in [7, 11) is 0. The average molecular weight is 242 g/mol. The van der Waals surface area contributed by atoms with Crippen molar-refractivity contribution in [2.45, 2.75) is 19.8 Å². The fourth-order valence-corrected chi connectivity index (χ4v) is 1.91. The van der Waals surface area contributed by atoms with Gasteiger partial charge in [-0.05, 0) is 25.0 Å². The molecule has 0 aliphatic rings. The van der Waals surface area contributed by atoms with Gasteiger partial charge in [-0.15, -0.1) is 0 Å². The molecule has 0 aliphatic carbocycles. The summed E-state index contributed by atoms with van der Waals surface area (Å²) in [6.45, 7) is 1.92. The molecule has 0 amide bonds. The molecule has 2 aromatic rings. The highest BCUT2D eigenvalue weighted by atomic mass is 19.1. The third-order valence-electron chi connectivity index (χ3n) is 2.92. The van der Waals surface area contributed by atoms with E-state index in [0.29, 0.717) is 24.0 Å². The largest absolute Gasteiger partial charge is 0.294 e. The number of benzene rings is 2. The second kappa shape index (κ2) is 5.58.